The Hall–Kier alpha value is -3.09. The molecule has 0 fully saturated rings. The van der Waals surface area contributed by atoms with Gasteiger partial charge in [-0.25, -0.2) is 0 Å². The van der Waals surface area contributed by atoms with Gasteiger partial charge in [0.25, 0.3) is 5.69 Å². The number of aliphatic carboxylic acids is 1. The maximum absolute atomic E-state index is 11.2. The van der Waals surface area contributed by atoms with E-state index in [4.69, 9.17) is 9.84 Å². The third-order valence-corrected chi connectivity index (χ3v) is 3.03. The van der Waals surface area contributed by atoms with E-state index in [-0.39, 0.29) is 17.8 Å². The first kappa shape index (κ1) is 15.3. The van der Waals surface area contributed by atoms with Gasteiger partial charge in [-0.3, -0.25) is 14.9 Å². The standard InChI is InChI=1S/C15H14N2O5/c1-22-11-6-7-13(14(9-11)17(20)21)16-12-5-3-2-4-10(12)8-15(18)19/h2-7,9,16H,8H2,1H3,(H,18,19). The Morgan fingerprint density at radius 2 is 2.00 bits per heavy atom. The van der Waals surface area contributed by atoms with Gasteiger partial charge in [-0.05, 0) is 23.8 Å². The summed E-state index contributed by atoms with van der Waals surface area (Å²) in [6.45, 7) is 0. The normalized spacial score (nSPS) is 10.0. The van der Waals surface area contributed by atoms with Crippen LogP contribution in [0.5, 0.6) is 5.75 Å². The molecule has 0 amide bonds. The van der Waals surface area contributed by atoms with Gasteiger partial charge in [0.15, 0.2) is 0 Å². The minimum Gasteiger partial charge on any atom is -0.496 e. The van der Waals surface area contributed by atoms with Crippen LogP contribution in [0.3, 0.4) is 0 Å². The molecule has 0 radical (unpaired) electrons. The summed E-state index contributed by atoms with van der Waals surface area (Å²) < 4.78 is 4.98. The van der Waals surface area contributed by atoms with Crippen LogP contribution in [0.15, 0.2) is 42.5 Å². The number of nitro benzene ring substituents is 1. The quantitative estimate of drug-likeness (QED) is 0.628. The van der Waals surface area contributed by atoms with Crippen molar-refractivity contribution in [1.29, 1.82) is 0 Å². The van der Waals surface area contributed by atoms with Crippen LogP contribution in [-0.4, -0.2) is 23.1 Å². The van der Waals surface area contributed by atoms with E-state index in [9.17, 15) is 14.9 Å². The summed E-state index contributed by atoms with van der Waals surface area (Å²) >= 11 is 0. The second kappa shape index (κ2) is 6.57. The van der Waals surface area contributed by atoms with Gasteiger partial charge in [-0.1, -0.05) is 18.2 Å². The Morgan fingerprint density at radius 3 is 2.64 bits per heavy atom. The zero-order valence-corrected chi connectivity index (χ0v) is 11.8. The van der Waals surface area contributed by atoms with Crippen molar-refractivity contribution in [2.75, 3.05) is 12.4 Å². The monoisotopic (exact) mass is 302 g/mol. The van der Waals surface area contributed by atoms with Gasteiger partial charge in [0, 0.05) is 5.69 Å². The summed E-state index contributed by atoms with van der Waals surface area (Å²) in [7, 11) is 1.42. The van der Waals surface area contributed by atoms with Crippen LogP contribution in [0.2, 0.25) is 0 Å². The number of hydrogen-bond acceptors (Lipinski definition) is 5. The summed E-state index contributed by atoms with van der Waals surface area (Å²) in [6, 6.07) is 11.2. The van der Waals surface area contributed by atoms with Gasteiger partial charge < -0.3 is 15.2 Å². The number of nitro groups is 1. The molecule has 22 heavy (non-hydrogen) atoms. The van der Waals surface area contributed by atoms with Gasteiger partial charge in [0.2, 0.25) is 0 Å². The first-order chi connectivity index (χ1) is 10.5. The van der Waals surface area contributed by atoms with Crippen LogP contribution >= 0.6 is 0 Å². The highest BCUT2D eigenvalue weighted by atomic mass is 16.6. The van der Waals surface area contributed by atoms with E-state index in [1.807, 2.05) is 0 Å². The average Bonchev–Trinajstić information content (AvgIpc) is 2.49. The summed E-state index contributed by atoms with van der Waals surface area (Å²) in [6.07, 6.45) is -0.173. The minimum absolute atomic E-state index is 0.149. The van der Waals surface area contributed by atoms with Gasteiger partial charge in [-0.2, -0.15) is 0 Å². The molecular weight excluding hydrogens is 288 g/mol. The Labute approximate surface area is 126 Å². The van der Waals surface area contributed by atoms with Crippen molar-refractivity contribution in [3.63, 3.8) is 0 Å². The van der Waals surface area contributed by atoms with E-state index in [1.165, 1.54) is 19.2 Å². The lowest BCUT2D eigenvalue weighted by atomic mass is 10.1. The van der Waals surface area contributed by atoms with Crippen molar-refractivity contribution >= 4 is 23.0 Å². The number of ether oxygens (including phenoxy) is 1. The Morgan fingerprint density at radius 1 is 1.27 bits per heavy atom. The highest BCUT2D eigenvalue weighted by Crippen LogP contribution is 2.32. The smallest absolute Gasteiger partial charge is 0.307 e. The number of benzene rings is 2. The lowest BCUT2D eigenvalue weighted by molar-refractivity contribution is -0.384. The number of carboxylic acid groups (broad SMARTS) is 1. The lowest BCUT2D eigenvalue weighted by Gasteiger charge is -2.11. The summed E-state index contributed by atoms with van der Waals surface area (Å²) in [5, 5.41) is 23.0. The average molecular weight is 302 g/mol. The van der Waals surface area contributed by atoms with Crippen LogP contribution < -0.4 is 10.1 Å². The number of carboxylic acids is 1. The summed E-state index contributed by atoms with van der Waals surface area (Å²) in [5.41, 5.74) is 1.17. The number of methoxy groups -OCH3 is 1. The van der Waals surface area contributed by atoms with Gasteiger partial charge >= 0.3 is 5.97 Å². The van der Waals surface area contributed by atoms with E-state index in [0.717, 1.165) is 0 Å². The number of nitrogens with one attached hydrogen (secondary N) is 1. The third-order valence-electron chi connectivity index (χ3n) is 3.03. The SMILES string of the molecule is COc1ccc(Nc2ccccc2CC(=O)O)c([N+](=O)[O-])c1. The maximum Gasteiger partial charge on any atom is 0.307 e. The number of rotatable bonds is 6. The van der Waals surface area contributed by atoms with Crippen LogP contribution in [-0.2, 0) is 11.2 Å². The molecule has 0 atom stereocenters. The van der Waals surface area contributed by atoms with E-state index in [1.54, 1.807) is 30.3 Å². The number of carbonyl (C=O) groups is 1. The third kappa shape index (κ3) is 3.51. The predicted octanol–water partition coefficient (Wildman–Crippen LogP) is 2.97. The Bertz CT molecular complexity index is 715. The van der Waals surface area contributed by atoms with Crippen molar-refractivity contribution in [3.05, 3.63) is 58.1 Å². The largest absolute Gasteiger partial charge is 0.496 e. The van der Waals surface area contributed by atoms with Crippen molar-refractivity contribution < 1.29 is 19.6 Å². The molecule has 0 aliphatic heterocycles. The van der Waals surface area contributed by atoms with Crippen molar-refractivity contribution in [1.82, 2.24) is 0 Å². The highest BCUT2D eigenvalue weighted by molar-refractivity contribution is 5.77. The predicted molar refractivity (Wildman–Crippen MR) is 80.7 cm³/mol. The first-order valence-corrected chi connectivity index (χ1v) is 6.40. The van der Waals surface area contributed by atoms with E-state index < -0.39 is 10.9 Å². The van der Waals surface area contributed by atoms with Gasteiger partial charge in [0.1, 0.15) is 11.4 Å². The molecule has 0 aliphatic carbocycles. The molecule has 2 N–H and O–H groups in total. The molecular formula is C15H14N2O5. The number of para-hydroxylation sites is 1. The fraction of sp³-hybridized carbons (Fsp3) is 0.133. The topological polar surface area (TPSA) is 102 Å². The molecule has 0 saturated carbocycles. The molecule has 2 aromatic carbocycles. The Kier molecular flexibility index (Phi) is 4.57. The van der Waals surface area contributed by atoms with Gasteiger partial charge in [-0.15, -0.1) is 0 Å². The molecule has 2 aromatic rings. The van der Waals surface area contributed by atoms with Crippen LogP contribution in [0.25, 0.3) is 0 Å². The molecule has 7 heteroatoms. The summed E-state index contributed by atoms with van der Waals surface area (Å²) in [5.74, 6) is -0.602. The van der Waals surface area contributed by atoms with Crippen LogP contribution in [0, 0.1) is 10.1 Å². The molecule has 0 heterocycles. The molecule has 0 saturated heterocycles. The van der Waals surface area contributed by atoms with Crippen molar-refractivity contribution in [3.8, 4) is 5.75 Å². The molecule has 0 aliphatic rings. The fourth-order valence-electron chi connectivity index (χ4n) is 2.00. The minimum atomic E-state index is -0.974. The first-order valence-electron chi connectivity index (χ1n) is 6.40. The zero-order valence-electron chi connectivity index (χ0n) is 11.8. The van der Waals surface area contributed by atoms with E-state index >= 15 is 0 Å². The van der Waals surface area contributed by atoms with Gasteiger partial charge in [0.05, 0.1) is 24.5 Å². The van der Waals surface area contributed by atoms with Crippen LogP contribution in [0.4, 0.5) is 17.1 Å². The molecule has 0 aromatic heterocycles. The van der Waals surface area contributed by atoms with Crippen molar-refractivity contribution in [2.45, 2.75) is 6.42 Å². The maximum atomic E-state index is 11.2. The highest BCUT2D eigenvalue weighted by Gasteiger charge is 2.16. The second-order valence-corrected chi connectivity index (χ2v) is 4.49. The molecule has 0 bridgehead atoms. The molecule has 7 nitrogen and oxygen atoms in total. The summed E-state index contributed by atoms with van der Waals surface area (Å²) in [4.78, 5) is 21.5. The number of nitrogens with zero attached hydrogens (tertiary/aromatic N) is 1. The van der Waals surface area contributed by atoms with Crippen LogP contribution in [0.1, 0.15) is 5.56 Å². The lowest BCUT2D eigenvalue weighted by Crippen LogP contribution is -2.04. The van der Waals surface area contributed by atoms with E-state index in [2.05, 4.69) is 5.32 Å². The van der Waals surface area contributed by atoms with E-state index in [0.29, 0.717) is 17.0 Å². The molecule has 0 spiro atoms. The zero-order chi connectivity index (χ0) is 16.1. The van der Waals surface area contributed by atoms with Crippen molar-refractivity contribution in [2.24, 2.45) is 0 Å². The molecule has 114 valence electrons. The molecule has 0 unspecified atom stereocenters. The number of hydrogen-bond donors (Lipinski definition) is 2. The molecule has 2 rings (SSSR count). The Balaban J connectivity index is 2.39. The number of anilines is 2. The fourth-order valence-corrected chi connectivity index (χ4v) is 2.00. The second-order valence-electron chi connectivity index (χ2n) is 4.49.